The van der Waals surface area contributed by atoms with E-state index in [-0.39, 0.29) is 11.7 Å². The van der Waals surface area contributed by atoms with E-state index >= 15 is 0 Å². The molecule has 2 aromatic rings. The first-order chi connectivity index (χ1) is 16.1. The van der Waals surface area contributed by atoms with Gasteiger partial charge in [0.25, 0.3) is 0 Å². The second kappa shape index (κ2) is 9.68. The second-order valence-electron chi connectivity index (χ2n) is 8.37. The van der Waals surface area contributed by atoms with Crippen LogP contribution in [0, 0.1) is 0 Å². The summed E-state index contributed by atoms with van der Waals surface area (Å²) < 4.78 is 16.4. The summed E-state index contributed by atoms with van der Waals surface area (Å²) in [6.45, 7) is 6.13. The molecule has 10 heteroatoms. The molecule has 0 bridgehead atoms. The average Bonchev–Trinajstić information content (AvgIpc) is 3.22. The third-order valence-electron chi connectivity index (χ3n) is 6.17. The van der Waals surface area contributed by atoms with Gasteiger partial charge in [-0.25, -0.2) is 9.78 Å². The number of aromatic carboxylic acids is 1. The first-order valence-corrected chi connectivity index (χ1v) is 12.0. The number of benzene rings is 1. The molecule has 0 amide bonds. The monoisotopic (exact) mass is 472 g/mol. The third-order valence-corrected chi connectivity index (χ3v) is 7.07. The Balaban J connectivity index is 1.36. The standard InChI is InChI=1S/C23H28N4O5S/c1-30-16-12-27(13-16)23-25-19(14-33-23)21(20-4-7-32-20)24-18-3-2-15(10-17(18)22(28)29)11-26-5-8-31-9-6-26/h2-3,10,14,16,24H,4-9,11-13H2,1H3,(H,28,29)/b21-20-. The number of carbonyl (C=O) groups is 1. The summed E-state index contributed by atoms with van der Waals surface area (Å²) in [6.07, 6.45) is 1.04. The normalized spacial score (nSPS) is 20.6. The van der Waals surface area contributed by atoms with Crippen LogP contribution in [0.2, 0.25) is 0 Å². The lowest BCUT2D eigenvalue weighted by Gasteiger charge is -2.37. The molecule has 0 unspecified atom stereocenters. The van der Waals surface area contributed by atoms with Gasteiger partial charge in [0.1, 0.15) is 17.2 Å². The van der Waals surface area contributed by atoms with Crippen LogP contribution in [-0.4, -0.2) is 80.2 Å². The Morgan fingerprint density at radius 3 is 2.76 bits per heavy atom. The number of hydrogen-bond donors (Lipinski definition) is 2. The molecule has 33 heavy (non-hydrogen) atoms. The van der Waals surface area contributed by atoms with Gasteiger partial charge in [0, 0.05) is 51.6 Å². The van der Waals surface area contributed by atoms with Crippen LogP contribution in [0.25, 0.3) is 5.70 Å². The zero-order valence-corrected chi connectivity index (χ0v) is 19.4. The van der Waals surface area contributed by atoms with Crippen LogP contribution in [0.3, 0.4) is 0 Å². The van der Waals surface area contributed by atoms with Gasteiger partial charge in [-0.05, 0) is 17.7 Å². The zero-order valence-electron chi connectivity index (χ0n) is 18.6. The molecule has 3 fully saturated rings. The molecule has 176 valence electrons. The number of nitrogens with one attached hydrogen (secondary N) is 1. The number of morpholine rings is 1. The molecule has 0 aliphatic carbocycles. The number of thiazole rings is 1. The fraction of sp³-hybridized carbons (Fsp3) is 0.478. The van der Waals surface area contributed by atoms with E-state index in [1.54, 1.807) is 24.5 Å². The Morgan fingerprint density at radius 1 is 1.30 bits per heavy atom. The van der Waals surface area contributed by atoms with Crippen molar-refractivity contribution in [1.29, 1.82) is 0 Å². The zero-order chi connectivity index (χ0) is 22.8. The number of hydrogen-bond acceptors (Lipinski definition) is 9. The maximum absolute atomic E-state index is 12.1. The summed E-state index contributed by atoms with van der Waals surface area (Å²) in [6, 6.07) is 5.57. The molecule has 2 N–H and O–H groups in total. The van der Waals surface area contributed by atoms with E-state index in [0.29, 0.717) is 32.1 Å². The van der Waals surface area contributed by atoms with Gasteiger partial charge >= 0.3 is 5.97 Å². The molecule has 3 aliphatic rings. The van der Waals surface area contributed by atoms with Crippen LogP contribution in [0.5, 0.6) is 0 Å². The number of carboxylic acids is 1. The number of ether oxygens (including phenoxy) is 3. The van der Waals surface area contributed by atoms with Crippen molar-refractivity contribution in [2.24, 2.45) is 0 Å². The summed E-state index contributed by atoms with van der Waals surface area (Å²) >= 11 is 1.57. The molecule has 0 saturated carbocycles. The highest BCUT2D eigenvalue weighted by Gasteiger charge is 2.30. The fourth-order valence-corrected chi connectivity index (χ4v) is 4.91. The molecule has 3 aliphatic heterocycles. The van der Waals surface area contributed by atoms with Gasteiger partial charge in [0.05, 0.1) is 37.2 Å². The van der Waals surface area contributed by atoms with E-state index in [9.17, 15) is 9.90 Å². The largest absolute Gasteiger partial charge is 0.495 e. The minimum Gasteiger partial charge on any atom is -0.495 e. The van der Waals surface area contributed by atoms with Gasteiger partial charge in [-0.15, -0.1) is 11.3 Å². The van der Waals surface area contributed by atoms with E-state index in [0.717, 1.165) is 60.4 Å². The molecule has 0 spiro atoms. The van der Waals surface area contributed by atoms with Crippen LogP contribution in [0.1, 0.15) is 28.0 Å². The summed E-state index contributed by atoms with van der Waals surface area (Å²) in [5.41, 5.74) is 3.23. The van der Waals surface area contributed by atoms with Gasteiger partial charge in [-0.1, -0.05) is 6.07 Å². The first-order valence-electron chi connectivity index (χ1n) is 11.1. The highest BCUT2D eigenvalue weighted by molar-refractivity contribution is 7.13. The van der Waals surface area contributed by atoms with Crippen molar-refractivity contribution in [3.63, 3.8) is 0 Å². The minimum atomic E-state index is -0.967. The predicted octanol–water partition coefficient (Wildman–Crippen LogP) is 2.71. The Labute approximate surface area is 196 Å². The molecule has 1 aromatic carbocycles. The van der Waals surface area contributed by atoms with Crippen LogP contribution >= 0.6 is 11.3 Å². The van der Waals surface area contributed by atoms with E-state index in [1.807, 2.05) is 17.5 Å². The minimum absolute atomic E-state index is 0.235. The van der Waals surface area contributed by atoms with Gasteiger partial charge in [0.2, 0.25) is 0 Å². The Hall–Kier alpha value is -2.66. The van der Waals surface area contributed by atoms with E-state index in [4.69, 9.17) is 19.2 Å². The maximum Gasteiger partial charge on any atom is 0.337 e. The lowest BCUT2D eigenvalue weighted by Crippen LogP contribution is -2.51. The van der Waals surface area contributed by atoms with E-state index in [2.05, 4.69) is 15.1 Å². The van der Waals surface area contributed by atoms with Crippen molar-refractivity contribution in [3.05, 3.63) is 46.2 Å². The number of rotatable bonds is 8. The van der Waals surface area contributed by atoms with Crippen LogP contribution in [0.4, 0.5) is 10.8 Å². The van der Waals surface area contributed by atoms with Crippen molar-refractivity contribution < 1.29 is 24.1 Å². The number of carboxylic acid groups (broad SMARTS) is 1. The summed E-state index contributed by atoms with van der Waals surface area (Å²) in [5, 5.41) is 16.1. The van der Waals surface area contributed by atoms with E-state index < -0.39 is 5.97 Å². The lowest BCUT2D eigenvalue weighted by atomic mass is 10.1. The van der Waals surface area contributed by atoms with Crippen molar-refractivity contribution in [2.45, 2.75) is 19.1 Å². The Kier molecular flexibility index (Phi) is 6.50. The Morgan fingerprint density at radius 2 is 2.09 bits per heavy atom. The summed E-state index contributed by atoms with van der Waals surface area (Å²) in [4.78, 5) is 21.3. The summed E-state index contributed by atoms with van der Waals surface area (Å²) in [7, 11) is 1.72. The van der Waals surface area contributed by atoms with Crippen molar-refractivity contribution in [3.8, 4) is 0 Å². The van der Waals surface area contributed by atoms with Gasteiger partial charge < -0.3 is 29.5 Å². The molecule has 0 radical (unpaired) electrons. The molecule has 4 heterocycles. The molecule has 1 aromatic heterocycles. The number of anilines is 2. The van der Waals surface area contributed by atoms with Crippen LogP contribution < -0.4 is 10.2 Å². The molecule has 5 rings (SSSR count). The van der Waals surface area contributed by atoms with Crippen molar-refractivity contribution in [2.75, 3.05) is 63.3 Å². The highest BCUT2D eigenvalue weighted by Crippen LogP contribution is 2.34. The van der Waals surface area contributed by atoms with Crippen molar-refractivity contribution in [1.82, 2.24) is 9.88 Å². The van der Waals surface area contributed by atoms with Crippen LogP contribution in [-0.2, 0) is 20.8 Å². The molecule has 3 saturated heterocycles. The molecule has 9 nitrogen and oxygen atoms in total. The third kappa shape index (κ3) is 4.84. The predicted molar refractivity (Wildman–Crippen MR) is 126 cm³/mol. The van der Waals surface area contributed by atoms with Crippen molar-refractivity contribution >= 4 is 33.8 Å². The topological polar surface area (TPSA) is 96.4 Å². The van der Waals surface area contributed by atoms with Gasteiger partial charge in [-0.3, -0.25) is 4.90 Å². The maximum atomic E-state index is 12.1. The quantitative estimate of drug-likeness (QED) is 0.601. The van der Waals surface area contributed by atoms with Gasteiger partial charge in [0.15, 0.2) is 5.13 Å². The van der Waals surface area contributed by atoms with E-state index in [1.165, 1.54) is 0 Å². The second-order valence-corrected chi connectivity index (χ2v) is 9.21. The molecular weight excluding hydrogens is 444 g/mol. The fourth-order valence-electron chi connectivity index (χ4n) is 4.07. The number of methoxy groups -OCH3 is 1. The summed E-state index contributed by atoms with van der Waals surface area (Å²) in [5.74, 6) is -0.163. The SMILES string of the molecule is COC1CN(c2nc(/C(Nc3ccc(CN4CCOCC4)cc3C(=O)O)=C3\CCO3)cs2)C1. The number of nitrogens with zero attached hydrogens (tertiary/aromatic N) is 3. The molecule has 0 atom stereocenters. The number of aromatic nitrogens is 1. The Bertz CT molecular complexity index is 1040. The smallest absolute Gasteiger partial charge is 0.337 e. The highest BCUT2D eigenvalue weighted by atomic mass is 32.1. The van der Waals surface area contributed by atoms with Crippen LogP contribution in [0.15, 0.2) is 29.3 Å². The molecular formula is C23H28N4O5S. The average molecular weight is 473 g/mol. The first kappa shape index (κ1) is 22.1. The van der Waals surface area contributed by atoms with Gasteiger partial charge in [-0.2, -0.15) is 0 Å². The lowest BCUT2D eigenvalue weighted by molar-refractivity contribution is 0.0341.